The topological polar surface area (TPSA) is 142 Å². The van der Waals surface area contributed by atoms with Crippen molar-refractivity contribution in [1.82, 2.24) is 10.2 Å². The minimum Gasteiger partial charge on any atom is -0.444 e. The van der Waals surface area contributed by atoms with Gasteiger partial charge in [0.25, 0.3) is 0 Å². The highest BCUT2D eigenvalue weighted by Gasteiger charge is 2.59. The zero-order valence-electron chi connectivity index (χ0n) is 32.3. The molecule has 2 fully saturated rings. The molecule has 5 rings (SSSR count). The first-order valence-corrected chi connectivity index (χ1v) is 18.4. The Labute approximate surface area is 323 Å². The highest BCUT2D eigenvalue weighted by atomic mass is 16.6. The van der Waals surface area contributed by atoms with E-state index in [0.29, 0.717) is 12.9 Å². The van der Waals surface area contributed by atoms with Gasteiger partial charge in [-0.1, -0.05) is 103 Å². The number of benzene rings is 3. The monoisotopic (exact) mass is 756 g/mol. The maximum atomic E-state index is 13.5. The van der Waals surface area contributed by atoms with Crippen LogP contribution in [0.15, 0.2) is 91.0 Å². The van der Waals surface area contributed by atoms with Gasteiger partial charge in [-0.3, -0.25) is 9.69 Å². The molecule has 3 aromatic carbocycles. The van der Waals surface area contributed by atoms with E-state index in [9.17, 15) is 19.5 Å². The van der Waals surface area contributed by atoms with E-state index in [0.717, 1.165) is 21.6 Å². The molecule has 7 atom stereocenters. The Morgan fingerprint density at radius 1 is 0.909 bits per heavy atom. The summed E-state index contributed by atoms with van der Waals surface area (Å²) in [5.41, 5.74) is -1.35. The zero-order valence-corrected chi connectivity index (χ0v) is 32.3. The van der Waals surface area contributed by atoms with Crippen molar-refractivity contribution in [3.63, 3.8) is 0 Å². The summed E-state index contributed by atoms with van der Waals surface area (Å²) in [7, 11) is 0. The van der Waals surface area contributed by atoms with E-state index in [4.69, 9.17) is 28.4 Å². The fourth-order valence-electron chi connectivity index (χ4n) is 6.65. The summed E-state index contributed by atoms with van der Waals surface area (Å²) in [5, 5.41) is 14.7. The van der Waals surface area contributed by atoms with E-state index in [1.54, 1.807) is 34.6 Å². The molecule has 55 heavy (non-hydrogen) atoms. The zero-order chi connectivity index (χ0) is 39.6. The fourth-order valence-corrected chi connectivity index (χ4v) is 6.65. The van der Waals surface area contributed by atoms with E-state index >= 15 is 0 Å². The number of carbonyl (C=O) groups excluding carboxylic acids is 3. The van der Waals surface area contributed by atoms with Crippen LogP contribution in [-0.2, 0) is 57.8 Å². The Morgan fingerprint density at radius 3 is 1.95 bits per heavy atom. The highest BCUT2D eigenvalue weighted by Crippen LogP contribution is 2.38. The Kier molecular flexibility index (Phi) is 13.9. The minimum absolute atomic E-state index is 0.0692. The number of aldehydes is 1. The number of carbonyl (C=O) groups is 3. The van der Waals surface area contributed by atoms with Crippen molar-refractivity contribution in [2.24, 2.45) is 0 Å². The first-order valence-electron chi connectivity index (χ1n) is 18.4. The molecule has 1 unspecified atom stereocenters. The number of nitrogens with zero attached hydrogens (tertiary/aromatic N) is 1. The fraction of sp³-hybridized carbons (Fsp3) is 0.465. The van der Waals surface area contributed by atoms with Crippen molar-refractivity contribution in [2.75, 3.05) is 13.2 Å². The number of nitrogens with one attached hydrogen (secondary N) is 1. The van der Waals surface area contributed by atoms with Crippen molar-refractivity contribution < 1.29 is 47.9 Å². The molecule has 2 aliphatic rings. The molecular formula is C43H52N2O10. The van der Waals surface area contributed by atoms with Crippen LogP contribution in [0, 0.1) is 11.8 Å². The SMILES string of the molecule is CC(=O)N[C@@H]1[C@@H](OCc2ccccc2)[C@@H](OCc2ccccc2)[C@@H](COCc2ccccc2)O[C@H]1C#CC(O)[C@@]1(C=O)COC(C)(C)N1C(=O)OC(C)(C)C. The Morgan fingerprint density at radius 2 is 1.44 bits per heavy atom. The molecule has 0 aromatic heterocycles. The van der Waals surface area contributed by atoms with E-state index in [1.807, 2.05) is 91.0 Å². The largest absolute Gasteiger partial charge is 0.444 e. The summed E-state index contributed by atoms with van der Waals surface area (Å²) in [5.74, 6) is 5.39. The molecule has 0 bridgehead atoms. The molecule has 12 nitrogen and oxygen atoms in total. The molecule has 0 spiro atoms. The lowest BCUT2D eigenvalue weighted by Gasteiger charge is -2.45. The average Bonchev–Trinajstić information content (AvgIpc) is 3.44. The van der Waals surface area contributed by atoms with Crippen LogP contribution < -0.4 is 5.32 Å². The van der Waals surface area contributed by atoms with E-state index < -0.39 is 59.5 Å². The normalized spacial score (nSPS) is 25.3. The van der Waals surface area contributed by atoms with Gasteiger partial charge in [0.1, 0.15) is 41.8 Å². The molecule has 0 radical (unpaired) electrons. The van der Waals surface area contributed by atoms with Crippen LogP contribution in [0.2, 0.25) is 0 Å². The van der Waals surface area contributed by atoms with Crippen molar-refractivity contribution >= 4 is 18.3 Å². The van der Waals surface area contributed by atoms with Gasteiger partial charge in [0.15, 0.2) is 11.8 Å². The van der Waals surface area contributed by atoms with Gasteiger partial charge in [-0.05, 0) is 51.3 Å². The second-order valence-corrected chi connectivity index (χ2v) is 15.2. The number of aliphatic hydroxyl groups excluding tert-OH is 1. The Bertz CT molecular complexity index is 1770. The summed E-state index contributed by atoms with van der Waals surface area (Å²) in [6, 6.07) is 28.0. The van der Waals surface area contributed by atoms with Gasteiger partial charge in [-0.25, -0.2) is 4.79 Å². The van der Waals surface area contributed by atoms with Crippen LogP contribution in [0.5, 0.6) is 0 Å². The van der Waals surface area contributed by atoms with Crippen molar-refractivity contribution in [1.29, 1.82) is 0 Å². The first kappa shape index (κ1) is 41.6. The molecule has 0 saturated carbocycles. The number of ether oxygens (including phenoxy) is 6. The number of aliphatic hydroxyl groups is 1. The van der Waals surface area contributed by atoms with Crippen molar-refractivity contribution in [2.45, 2.75) is 115 Å². The third-order valence-electron chi connectivity index (χ3n) is 9.25. The standard InChI is InChI=1S/C43H52N2O10/c1-30(47)44-37-34(22-23-36(48)43(28-46)29-53-42(5,6)45(43)40(49)55-41(2,3)4)54-35(27-50-24-31-16-10-7-11-17-31)38(51-25-32-18-12-8-13-19-32)39(37)52-26-33-20-14-9-15-21-33/h7-21,28,34-39,48H,24-27,29H2,1-6H3,(H,44,47)/t34-,35+,36?,37-,38-,39+,43+/m0/s1. The van der Waals surface area contributed by atoms with Gasteiger partial charge in [-0.2, -0.15) is 0 Å². The van der Waals surface area contributed by atoms with Crippen LogP contribution in [0.4, 0.5) is 4.79 Å². The smallest absolute Gasteiger partial charge is 0.413 e. The van der Waals surface area contributed by atoms with Crippen LogP contribution in [0.25, 0.3) is 0 Å². The molecule has 3 aromatic rings. The van der Waals surface area contributed by atoms with Crippen LogP contribution in [0.3, 0.4) is 0 Å². The lowest BCUT2D eigenvalue weighted by atomic mass is 9.90. The molecule has 2 N–H and O–H groups in total. The van der Waals surface area contributed by atoms with Crippen LogP contribution in [0.1, 0.15) is 58.2 Å². The van der Waals surface area contributed by atoms with Crippen LogP contribution >= 0.6 is 0 Å². The van der Waals surface area contributed by atoms with Crippen molar-refractivity contribution in [3.8, 4) is 11.8 Å². The predicted octanol–water partition coefficient (Wildman–Crippen LogP) is 4.95. The Hall–Kier alpha value is -4.61. The molecule has 12 heteroatoms. The van der Waals surface area contributed by atoms with Crippen molar-refractivity contribution in [3.05, 3.63) is 108 Å². The molecular weight excluding hydrogens is 704 g/mol. The molecule has 0 aliphatic carbocycles. The number of hydrogen-bond donors (Lipinski definition) is 2. The van der Waals surface area contributed by atoms with E-state index in [2.05, 4.69) is 17.2 Å². The first-order chi connectivity index (χ1) is 26.2. The summed E-state index contributed by atoms with van der Waals surface area (Å²) in [6.45, 7) is 10.1. The second kappa shape index (κ2) is 18.3. The molecule has 294 valence electrons. The van der Waals surface area contributed by atoms with E-state index in [1.165, 1.54) is 6.92 Å². The molecule has 2 aliphatic heterocycles. The summed E-state index contributed by atoms with van der Waals surface area (Å²) >= 11 is 0. The minimum atomic E-state index is -1.92. The summed E-state index contributed by atoms with van der Waals surface area (Å²) in [4.78, 5) is 40.3. The number of rotatable bonds is 13. The average molecular weight is 757 g/mol. The molecule has 2 heterocycles. The third kappa shape index (κ3) is 10.8. The highest BCUT2D eigenvalue weighted by molar-refractivity contribution is 5.80. The van der Waals surface area contributed by atoms with Gasteiger partial charge in [0.2, 0.25) is 5.91 Å². The maximum absolute atomic E-state index is 13.5. The van der Waals surface area contributed by atoms with Gasteiger partial charge in [0.05, 0.1) is 39.1 Å². The van der Waals surface area contributed by atoms with E-state index in [-0.39, 0.29) is 32.3 Å². The number of amides is 2. The second-order valence-electron chi connectivity index (χ2n) is 15.2. The summed E-state index contributed by atoms with van der Waals surface area (Å²) < 4.78 is 37.5. The van der Waals surface area contributed by atoms with Crippen LogP contribution in [-0.4, -0.2) is 94.9 Å². The van der Waals surface area contributed by atoms with Gasteiger partial charge >= 0.3 is 6.09 Å². The summed E-state index contributed by atoms with van der Waals surface area (Å²) in [6.07, 6.45) is -5.57. The predicted molar refractivity (Wildman–Crippen MR) is 203 cm³/mol. The maximum Gasteiger partial charge on any atom is 0.413 e. The molecule has 2 saturated heterocycles. The van der Waals surface area contributed by atoms with Gasteiger partial charge < -0.3 is 43.6 Å². The number of hydrogen-bond acceptors (Lipinski definition) is 10. The quantitative estimate of drug-likeness (QED) is 0.182. The lowest BCUT2D eigenvalue weighted by Crippen LogP contribution is -2.65. The van der Waals surface area contributed by atoms with Gasteiger partial charge in [-0.15, -0.1) is 0 Å². The van der Waals surface area contributed by atoms with Gasteiger partial charge in [0, 0.05) is 6.92 Å². The Balaban J connectivity index is 1.51. The molecule has 2 amide bonds. The lowest BCUT2D eigenvalue weighted by molar-refractivity contribution is -0.222. The third-order valence-corrected chi connectivity index (χ3v) is 9.25.